The average molecular weight is 548 g/mol. The number of halogens is 1. The third-order valence-electron chi connectivity index (χ3n) is 5.87. The second-order valence-electron chi connectivity index (χ2n) is 8.68. The van der Waals surface area contributed by atoms with Gasteiger partial charge in [-0.1, -0.05) is 41.9 Å². The molecular formula is C29H26ClN3O6. The number of para-hydroxylation sites is 1. The first kappa shape index (κ1) is 27.4. The molecule has 2 N–H and O–H groups in total. The van der Waals surface area contributed by atoms with E-state index in [0.29, 0.717) is 34.4 Å². The summed E-state index contributed by atoms with van der Waals surface area (Å²) < 4.78 is 11.4. The molecule has 0 bridgehead atoms. The van der Waals surface area contributed by atoms with Gasteiger partial charge in [0.25, 0.3) is 17.7 Å². The summed E-state index contributed by atoms with van der Waals surface area (Å²) >= 11 is 6.18. The Bertz CT molecular complexity index is 1500. The van der Waals surface area contributed by atoms with E-state index in [1.54, 1.807) is 50.2 Å². The van der Waals surface area contributed by atoms with E-state index in [0.717, 1.165) is 16.0 Å². The summed E-state index contributed by atoms with van der Waals surface area (Å²) in [6.45, 7) is 5.51. The van der Waals surface area contributed by atoms with E-state index in [4.69, 9.17) is 21.1 Å². The van der Waals surface area contributed by atoms with Gasteiger partial charge in [-0.15, -0.1) is 0 Å². The Balaban J connectivity index is 1.55. The lowest BCUT2D eigenvalue weighted by Gasteiger charge is -2.26. The summed E-state index contributed by atoms with van der Waals surface area (Å²) in [5.41, 5.74) is 2.81. The van der Waals surface area contributed by atoms with Gasteiger partial charge in [0.1, 0.15) is 5.57 Å². The van der Waals surface area contributed by atoms with Crippen molar-refractivity contribution in [2.24, 2.45) is 0 Å². The predicted molar refractivity (Wildman–Crippen MR) is 148 cm³/mol. The number of nitrogens with zero attached hydrogens (tertiary/aromatic N) is 1. The average Bonchev–Trinajstić information content (AvgIpc) is 2.89. The molecule has 200 valence electrons. The number of aryl methyl sites for hydroxylation is 2. The van der Waals surface area contributed by atoms with Crippen molar-refractivity contribution in [3.05, 3.63) is 87.9 Å². The van der Waals surface area contributed by atoms with Gasteiger partial charge in [-0.25, -0.2) is 9.69 Å². The fourth-order valence-corrected chi connectivity index (χ4v) is 4.00. The minimum atomic E-state index is -0.871. The van der Waals surface area contributed by atoms with E-state index in [1.807, 2.05) is 25.1 Å². The zero-order valence-corrected chi connectivity index (χ0v) is 22.3. The van der Waals surface area contributed by atoms with Gasteiger partial charge >= 0.3 is 6.03 Å². The monoisotopic (exact) mass is 547 g/mol. The maximum atomic E-state index is 13.2. The molecule has 0 atom stereocenters. The van der Waals surface area contributed by atoms with Gasteiger partial charge in [-0.05, 0) is 73.9 Å². The minimum Gasteiger partial charge on any atom is -0.490 e. The van der Waals surface area contributed by atoms with E-state index in [9.17, 15) is 19.2 Å². The van der Waals surface area contributed by atoms with Gasteiger partial charge in [0.2, 0.25) is 0 Å². The van der Waals surface area contributed by atoms with Crippen LogP contribution >= 0.6 is 11.6 Å². The van der Waals surface area contributed by atoms with Crippen LogP contribution in [0.3, 0.4) is 0 Å². The van der Waals surface area contributed by atoms with Crippen molar-refractivity contribution in [1.82, 2.24) is 5.32 Å². The molecule has 3 aromatic carbocycles. The molecule has 1 heterocycles. The van der Waals surface area contributed by atoms with Crippen molar-refractivity contribution in [2.45, 2.75) is 20.8 Å². The van der Waals surface area contributed by atoms with Gasteiger partial charge in [-0.3, -0.25) is 19.7 Å². The molecule has 0 spiro atoms. The highest BCUT2D eigenvalue weighted by Crippen LogP contribution is 2.31. The normalized spacial score (nSPS) is 14.3. The molecule has 5 amide bonds. The number of urea groups is 1. The Morgan fingerprint density at radius 1 is 0.974 bits per heavy atom. The van der Waals surface area contributed by atoms with Gasteiger partial charge in [0.05, 0.1) is 12.3 Å². The number of imide groups is 2. The molecule has 1 fully saturated rings. The Kier molecular flexibility index (Phi) is 8.31. The molecule has 0 unspecified atom stereocenters. The third kappa shape index (κ3) is 6.27. The molecule has 39 heavy (non-hydrogen) atoms. The Hall–Kier alpha value is -4.63. The lowest BCUT2D eigenvalue weighted by Crippen LogP contribution is -2.54. The smallest absolute Gasteiger partial charge is 0.335 e. The molecule has 0 aliphatic carbocycles. The number of carbonyl (C=O) groups excluding carboxylic acids is 4. The number of carbonyl (C=O) groups is 4. The number of nitrogens with one attached hydrogen (secondary N) is 2. The van der Waals surface area contributed by atoms with E-state index >= 15 is 0 Å². The molecule has 1 saturated heterocycles. The van der Waals surface area contributed by atoms with Crippen molar-refractivity contribution in [1.29, 1.82) is 0 Å². The number of barbiturate groups is 1. The van der Waals surface area contributed by atoms with Crippen molar-refractivity contribution in [3.8, 4) is 11.5 Å². The van der Waals surface area contributed by atoms with Crippen LogP contribution in [0.4, 0.5) is 16.2 Å². The number of hydrogen-bond donors (Lipinski definition) is 2. The van der Waals surface area contributed by atoms with Gasteiger partial charge in [0.15, 0.2) is 18.1 Å². The molecule has 1 aliphatic rings. The van der Waals surface area contributed by atoms with E-state index in [1.165, 1.54) is 12.1 Å². The molecule has 3 aromatic rings. The molecule has 10 heteroatoms. The highest BCUT2D eigenvalue weighted by Gasteiger charge is 2.37. The molecule has 0 saturated carbocycles. The second-order valence-corrected chi connectivity index (χ2v) is 9.09. The number of benzene rings is 3. The zero-order chi connectivity index (χ0) is 28.1. The number of amides is 5. The van der Waals surface area contributed by atoms with Crippen LogP contribution in [0.15, 0.2) is 66.2 Å². The van der Waals surface area contributed by atoms with Crippen LogP contribution in [-0.2, 0) is 14.4 Å². The first-order valence-electron chi connectivity index (χ1n) is 12.1. The van der Waals surface area contributed by atoms with Crippen LogP contribution in [0.1, 0.15) is 23.6 Å². The first-order valence-corrected chi connectivity index (χ1v) is 12.5. The number of ether oxygens (including phenoxy) is 2. The first-order chi connectivity index (χ1) is 18.7. The summed E-state index contributed by atoms with van der Waals surface area (Å²) in [6, 6.07) is 16.0. The highest BCUT2D eigenvalue weighted by atomic mass is 35.5. The molecule has 1 aliphatic heterocycles. The summed E-state index contributed by atoms with van der Waals surface area (Å²) in [4.78, 5) is 51.5. The number of anilines is 2. The fourth-order valence-electron chi connectivity index (χ4n) is 3.82. The highest BCUT2D eigenvalue weighted by molar-refractivity contribution is 6.39. The topological polar surface area (TPSA) is 114 Å². The summed E-state index contributed by atoms with van der Waals surface area (Å²) in [5.74, 6) is -1.34. The van der Waals surface area contributed by atoms with Gasteiger partial charge in [-0.2, -0.15) is 0 Å². The largest absolute Gasteiger partial charge is 0.490 e. The maximum Gasteiger partial charge on any atom is 0.335 e. The number of rotatable bonds is 8. The molecule has 0 aromatic heterocycles. The zero-order valence-electron chi connectivity index (χ0n) is 21.5. The van der Waals surface area contributed by atoms with Crippen LogP contribution < -0.4 is 25.0 Å². The molecule has 0 radical (unpaired) electrons. The lowest BCUT2D eigenvalue weighted by molar-refractivity contribution is -0.122. The predicted octanol–water partition coefficient (Wildman–Crippen LogP) is 5.04. The SMILES string of the molecule is CCOc1cc(/C=C2\C(=O)NC(=O)N(c3ccc(C)c(Cl)c3)C2=O)ccc1OCC(=O)Nc1ccccc1C. The van der Waals surface area contributed by atoms with Crippen molar-refractivity contribution >= 4 is 52.8 Å². The summed E-state index contributed by atoms with van der Waals surface area (Å²) in [7, 11) is 0. The number of hydrogen-bond acceptors (Lipinski definition) is 6. The second kappa shape index (κ2) is 11.8. The Labute approximate surface area is 230 Å². The molecule has 9 nitrogen and oxygen atoms in total. The van der Waals surface area contributed by atoms with Crippen molar-refractivity contribution < 1.29 is 28.7 Å². The molecule has 4 rings (SSSR count). The van der Waals surface area contributed by atoms with Gasteiger partial charge < -0.3 is 14.8 Å². The third-order valence-corrected chi connectivity index (χ3v) is 6.28. The van der Waals surface area contributed by atoms with Crippen LogP contribution in [-0.4, -0.2) is 37.0 Å². The lowest BCUT2D eigenvalue weighted by atomic mass is 10.1. The summed E-state index contributed by atoms with van der Waals surface area (Å²) in [6.07, 6.45) is 1.35. The maximum absolute atomic E-state index is 13.2. The van der Waals surface area contributed by atoms with Crippen molar-refractivity contribution in [3.63, 3.8) is 0 Å². The minimum absolute atomic E-state index is 0.231. The fraction of sp³-hybridized carbons (Fsp3) is 0.172. The quantitative estimate of drug-likeness (QED) is 0.302. The van der Waals surface area contributed by atoms with E-state index in [-0.39, 0.29) is 23.8 Å². The van der Waals surface area contributed by atoms with Crippen LogP contribution in [0.25, 0.3) is 6.08 Å². The van der Waals surface area contributed by atoms with Crippen LogP contribution in [0.2, 0.25) is 5.02 Å². The standard InChI is InChI=1S/C29H26ClN3O6/c1-4-38-25-14-19(10-12-24(25)39-16-26(34)31-23-8-6-5-7-18(23)3)13-21-27(35)32-29(37)33(28(21)36)20-11-9-17(2)22(30)15-20/h5-15H,4,16H2,1-3H3,(H,31,34)(H,32,35,37)/b21-13+. The Morgan fingerprint density at radius 2 is 1.74 bits per heavy atom. The molecular weight excluding hydrogens is 522 g/mol. The van der Waals surface area contributed by atoms with Gasteiger partial charge in [0, 0.05) is 10.7 Å². The van der Waals surface area contributed by atoms with Crippen LogP contribution in [0, 0.1) is 13.8 Å². The van der Waals surface area contributed by atoms with E-state index in [2.05, 4.69) is 10.6 Å². The van der Waals surface area contributed by atoms with E-state index < -0.39 is 17.8 Å². The summed E-state index contributed by atoms with van der Waals surface area (Å²) in [5, 5.41) is 5.36. The van der Waals surface area contributed by atoms with Crippen molar-refractivity contribution in [2.75, 3.05) is 23.4 Å². The Morgan fingerprint density at radius 3 is 2.46 bits per heavy atom. The van der Waals surface area contributed by atoms with Crippen LogP contribution in [0.5, 0.6) is 11.5 Å².